The monoisotopic (exact) mass is 276 g/mol. The molecule has 1 aliphatic carbocycles. The first kappa shape index (κ1) is 15.3. The van der Waals surface area contributed by atoms with Crippen molar-refractivity contribution in [2.75, 3.05) is 13.7 Å². The summed E-state index contributed by atoms with van der Waals surface area (Å²) in [7, 11) is 1.75. The zero-order valence-electron chi connectivity index (χ0n) is 13.0. The van der Waals surface area contributed by atoms with Crippen LogP contribution in [0.5, 0.6) is 5.75 Å². The minimum absolute atomic E-state index is 0.385. The van der Waals surface area contributed by atoms with Gasteiger partial charge in [0.1, 0.15) is 5.75 Å². The number of benzene rings is 1. The van der Waals surface area contributed by atoms with Crippen molar-refractivity contribution in [2.45, 2.75) is 57.7 Å². The van der Waals surface area contributed by atoms with Gasteiger partial charge in [-0.2, -0.15) is 0 Å². The van der Waals surface area contributed by atoms with Gasteiger partial charge in [0.15, 0.2) is 0 Å². The van der Waals surface area contributed by atoms with Crippen molar-refractivity contribution < 1.29 is 4.74 Å². The van der Waals surface area contributed by atoms with Gasteiger partial charge in [-0.25, -0.2) is 0 Å². The van der Waals surface area contributed by atoms with Gasteiger partial charge < -0.3 is 10.5 Å². The summed E-state index contributed by atoms with van der Waals surface area (Å²) in [6.45, 7) is 5.61. The van der Waals surface area contributed by atoms with Gasteiger partial charge in [-0.05, 0) is 45.2 Å². The largest absolute Gasteiger partial charge is 0.496 e. The predicted octanol–water partition coefficient (Wildman–Crippen LogP) is 3.35. The van der Waals surface area contributed by atoms with Crippen LogP contribution in [0.2, 0.25) is 0 Å². The number of hydrogen-bond acceptors (Lipinski definition) is 3. The minimum Gasteiger partial charge on any atom is -0.496 e. The van der Waals surface area contributed by atoms with Crippen LogP contribution in [-0.2, 0) is 0 Å². The Morgan fingerprint density at radius 1 is 1.25 bits per heavy atom. The fraction of sp³-hybridized carbons (Fsp3) is 0.647. The first-order valence-corrected chi connectivity index (χ1v) is 7.81. The van der Waals surface area contributed by atoms with Crippen LogP contribution in [0, 0.1) is 0 Å². The molecule has 1 atom stereocenters. The van der Waals surface area contributed by atoms with Gasteiger partial charge in [-0.1, -0.05) is 25.1 Å². The lowest BCUT2D eigenvalue weighted by atomic mass is 9.89. The Kier molecular flexibility index (Phi) is 5.44. The van der Waals surface area contributed by atoms with Crippen LogP contribution in [0.3, 0.4) is 0 Å². The van der Waals surface area contributed by atoms with Crippen LogP contribution in [0.4, 0.5) is 0 Å². The van der Waals surface area contributed by atoms with Crippen molar-refractivity contribution in [2.24, 2.45) is 5.73 Å². The molecule has 0 saturated heterocycles. The van der Waals surface area contributed by atoms with Crippen LogP contribution in [-0.4, -0.2) is 30.6 Å². The number of methoxy groups -OCH3 is 1. The van der Waals surface area contributed by atoms with E-state index >= 15 is 0 Å². The Morgan fingerprint density at radius 2 is 1.90 bits per heavy atom. The molecule has 1 saturated carbocycles. The average molecular weight is 276 g/mol. The third kappa shape index (κ3) is 3.33. The molecule has 1 fully saturated rings. The zero-order chi connectivity index (χ0) is 14.5. The SMILES string of the molecule is CCN(C1CCC(N)CC1)C(C)c1ccccc1OC. The Labute approximate surface area is 123 Å². The smallest absolute Gasteiger partial charge is 0.123 e. The number of nitrogens with zero attached hydrogens (tertiary/aromatic N) is 1. The second-order valence-corrected chi connectivity index (χ2v) is 5.82. The molecule has 0 radical (unpaired) electrons. The first-order chi connectivity index (χ1) is 9.67. The summed E-state index contributed by atoms with van der Waals surface area (Å²) in [6.07, 6.45) is 4.74. The topological polar surface area (TPSA) is 38.5 Å². The van der Waals surface area contributed by atoms with Gasteiger partial charge in [0.05, 0.1) is 7.11 Å². The van der Waals surface area contributed by atoms with Crippen LogP contribution in [0.1, 0.15) is 51.1 Å². The lowest BCUT2D eigenvalue weighted by Crippen LogP contribution is -2.42. The van der Waals surface area contributed by atoms with E-state index in [1.807, 2.05) is 6.07 Å². The van der Waals surface area contributed by atoms with Crippen LogP contribution >= 0.6 is 0 Å². The van der Waals surface area contributed by atoms with E-state index in [0.717, 1.165) is 25.1 Å². The number of ether oxygens (including phenoxy) is 1. The zero-order valence-corrected chi connectivity index (χ0v) is 13.0. The van der Waals surface area contributed by atoms with Gasteiger partial charge in [-0.3, -0.25) is 4.90 Å². The molecule has 3 heteroatoms. The predicted molar refractivity (Wildman–Crippen MR) is 84.0 cm³/mol. The molecule has 1 unspecified atom stereocenters. The highest BCUT2D eigenvalue weighted by atomic mass is 16.5. The maximum absolute atomic E-state index is 6.03. The van der Waals surface area contributed by atoms with Crippen molar-refractivity contribution in [1.29, 1.82) is 0 Å². The third-order valence-electron chi connectivity index (χ3n) is 4.66. The molecule has 0 aliphatic heterocycles. The molecular formula is C17H28N2O. The van der Waals surface area contributed by atoms with Crippen LogP contribution in [0.25, 0.3) is 0 Å². The Morgan fingerprint density at radius 3 is 2.50 bits per heavy atom. The molecule has 1 aliphatic rings. The molecule has 1 aromatic rings. The summed E-state index contributed by atoms with van der Waals surface area (Å²) < 4.78 is 5.52. The van der Waals surface area contributed by atoms with E-state index in [1.54, 1.807) is 7.11 Å². The van der Waals surface area contributed by atoms with Gasteiger partial charge in [0, 0.05) is 23.7 Å². The Hall–Kier alpha value is -1.06. The molecule has 0 heterocycles. The number of rotatable bonds is 5. The summed E-state index contributed by atoms with van der Waals surface area (Å²) in [5.41, 5.74) is 7.32. The maximum atomic E-state index is 6.03. The quantitative estimate of drug-likeness (QED) is 0.896. The van der Waals surface area contributed by atoms with E-state index in [9.17, 15) is 0 Å². The van der Waals surface area contributed by atoms with Crippen molar-refractivity contribution >= 4 is 0 Å². The normalized spacial score (nSPS) is 24.6. The highest BCUT2D eigenvalue weighted by molar-refractivity contribution is 5.35. The minimum atomic E-state index is 0.385. The molecule has 1 aromatic carbocycles. The first-order valence-electron chi connectivity index (χ1n) is 7.81. The molecular weight excluding hydrogens is 248 g/mol. The van der Waals surface area contributed by atoms with E-state index in [0.29, 0.717) is 18.1 Å². The number of para-hydroxylation sites is 1. The van der Waals surface area contributed by atoms with E-state index in [-0.39, 0.29) is 0 Å². The summed E-state index contributed by atoms with van der Waals surface area (Å²) >= 11 is 0. The number of nitrogens with two attached hydrogens (primary N) is 1. The summed E-state index contributed by atoms with van der Waals surface area (Å²) in [5, 5.41) is 0. The fourth-order valence-electron chi connectivity index (χ4n) is 3.47. The Balaban J connectivity index is 2.14. The molecule has 20 heavy (non-hydrogen) atoms. The number of hydrogen-bond donors (Lipinski definition) is 1. The van der Waals surface area contributed by atoms with Crippen molar-refractivity contribution in [1.82, 2.24) is 4.90 Å². The Bertz CT molecular complexity index is 413. The average Bonchev–Trinajstić information content (AvgIpc) is 2.49. The fourth-order valence-corrected chi connectivity index (χ4v) is 3.47. The molecule has 112 valence electrons. The van der Waals surface area contributed by atoms with Crippen molar-refractivity contribution in [3.63, 3.8) is 0 Å². The highest BCUT2D eigenvalue weighted by Crippen LogP contribution is 2.33. The molecule has 2 N–H and O–H groups in total. The molecule has 2 rings (SSSR count). The van der Waals surface area contributed by atoms with Crippen LogP contribution in [0.15, 0.2) is 24.3 Å². The standard InChI is InChI=1S/C17H28N2O/c1-4-19(15-11-9-14(18)10-12-15)13(2)16-7-5-6-8-17(16)20-3/h5-8,13-15H,4,9-12,18H2,1-3H3. The molecule has 0 aromatic heterocycles. The van der Waals surface area contributed by atoms with Gasteiger partial charge in [-0.15, -0.1) is 0 Å². The molecule has 0 bridgehead atoms. The van der Waals surface area contributed by atoms with Gasteiger partial charge in [0.2, 0.25) is 0 Å². The van der Waals surface area contributed by atoms with Crippen molar-refractivity contribution in [3.8, 4) is 5.75 Å². The third-order valence-corrected chi connectivity index (χ3v) is 4.66. The molecule has 0 amide bonds. The van der Waals surface area contributed by atoms with Gasteiger partial charge >= 0.3 is 0 Å². The highest BCUT2D eigenvalue weighted by Gasteiger charge is 2.28. The lowest BCUT2D eigenvalue weighted by molar-refractivity contribution is 0.113. The van der Waals surface area contributed by atoms with E-state index in [1.165, 1.54) is 18.4 Å². The molecule has 0 spiro atoms. The second kappa shape index (κ2) is 7.09. The van der Waals surface area contributed by atoms with Crippen molar-refractivity contribution in [3.05, 3.63) is 29.8 Å². The van der Waals surface area contributed by atoms with E-state index in [4.69, 9.17) is 10.5 Å². The van der Waals surface area contributed by atoms with Crippen LogP contribution < -0.4 is 10.5 Å². The summed E-state index contributed by atoms with van der Waals surface area (Å²) in [4.78, 5) is 2.60. The second-order valence-electron chi connectivity index (χ2n) is 5.82. The van der Waals surface area contributed by atoms with E-state index < -0.39 is 0 Å². The summed E-state index contributed by atoms with van der Waals surface area (Å²) in [5.74, 6) is 0.992. The van der Waals surface area contributed by atoms with Gasteiger partial charge in [0.25, 0.3) is 0 Å². The maximum Gasteiger partial charge on any atom is 0.123 e. The summed E-state index contributed by atoms with van der Waals surface area (Å²) in [6, 6.07) is 9.81. The molecule has 3 nitrogen and oxygen atoms in total. The van der Waals surface area contributed by atoms with E-state index in [2.05, 4.69) is 36.9 Å². The lowest BCUT2D eigenvalue weighted by Gasteiger charge is -2.39.